The smallest absolute Gasteiger partial charge is 0.416 e. The van der Waals surface area contributed by atoms with Gasteiger partial charge < -0.3 is 10.1 Å². The SMILES string of the molecule is COc1ccc(Cl)cc1NC(=O)CSc1nc2c(c(=O)n1-c1cccc(C(F)(F)F)c1)SCC2. The molecule has 6 nitrogen and oxygen atoms in total. The van der Waals surface area contributed by atoms with Crippen molar-refractivity contribution in [2.75, 3.05) is 23.9 Å². The fraction of sp³-hybridized carbons (Fsp3) is 0.227. The Balaban J connectivity index is 1.65. The van der Waals surface area contributed by atoms with Crippen LogP contribution in [0.3, 0.4) is 0 Å². The van der Waals surface area contributed by atoms with E-state index in [0.29, 0.717) is 39.2 Å². The molecule has 4 rings (SSSR count). The van der Waals surface area contributed by atoms with Crippen molar-refractivity contribution < 1.29 is 22.7 Å². The summed E-state index contributed by atoms with van der Waals surface area (Å²) in [4.78, 5) is 30.7. The first-order chi connectivity index (χ1) is 16.2. The summed E-state index contributed by atoms with van der Waals surface area (Å²) in [6.07, 6.45) is -4.00. The molecule has 1 aliphatic rings. The zero-order valence-electron chi connectivity index (χ0n) is 17.6. The molecule has 1 N–H and O–H groups in total. The highest BCUT2D eigenvalue weighted by Crippen LogP contribution is 2.33. The molecule has 2 heterocycles. The highest BCUT2D eigenvalue weighted by Gasteiger charge is 2.31. The molecule has 0 radical (unpaired) electrons. The van der Waals surface area contributed by atoms with Crippen molar-refractivity contribution in [3.05, 3.63) is 69.1 Å². The predicted octanol–water partition coefficient (Wildman–Crippen LogP) is 5.29. The molecule has 0 unspecified atom stereocenters. The van der Waals surface area contributed by atoms with Gasteiger partial charge >= 0.3 is 6.18 Å². The molecule has 12 heteroatoms. The van der Waals surface area contributed by atoms with Crippen LogP contribution in [0.15, 0.2) is 57.3 Å². The summed E-state index contributed by atoms with van der Waals surface area (Å²) in [5, 5.41) is 3.23. The highest BCUT2D eigenvalue weighted by atomic mass is 35.5. The van der Waals surface area contributed by atoms with E-state index in [2.05, 4.69) is 10.3 Å². The van der Waals surface area contributed by atoms with Gasteiger partial charge in [0.05, 0.1) is 40.4 Å². The van der Waals surface area contributed by atoms with E-state index in [9.17, 15) is 22.8 Å². The fourth-order valence-electron chi connectivity index (χ4n) is 3.33. The van der Waals surface area contributed by atoms with E-state index in [0.717, 1.165) is 28.5 Å². The fourth-order valence-corrected chi connectivity index (χ4v) is 5.36. The lowest BCUT2D eigenvalue weighted by Gasteiger charge is -2.15. The maximum atomic E-state index is 13.3. The molecule has 1 aliphatic heterocycles. The third-order valence-corrected chi connectivity index (χ3v) is 7.15. The molecule has 2 aromatic carbocycles. The van der Waals surface area contributed by atoms with E-state index in [1.165, 1.54) is 37.1 Å². The third-order valence-electron chi connectivity index (χ3n) is 4.87. The quantitative estimate of drug-likeness (QED) is 0.347. The summed E-state index contributed by atoms with van der Waals surface area (Å²) in [7, 11) is 1.45. The van der Waals surface area contributed by atoms with Gasteiger partial charge in [-0.15, -0.1) is 11.8 Å². The molecule has 1 aromatic heterocycles. The van der Waals surface area contributed by atoms with E-state index < -0.39 is 23.2 Å². The zero-order valence-corrected chi connectivity index (χ0v) is 20.0. The predicted molar refractivity (Wildman–Crippen MR) is 127 cm³/mol. The van der Waals surface area contributed by atoms with Crippen molar-refractivity contribution in [2.45, 2.75) is 22.6 Å². The Morgan fingerprint density at radius 3 is 2.82 bits per heavy atom. The standard InChI is InChI=1S/C22H17ClF3N3O3S2/c1-32-17-6-5-13(23)10-16(17)27-18(30)11-34-21-28-15-7-8-33-19(15)20(31)29(21)14-4-2-3-12(9-14)22(24,25)26/h2-6,9-10H,7-8,11H2,1H3,(H,27,30). The van der Waals surface area contributed by atoms with Gasteiger partial charge in [-0.2, -0.15) is 13.2 Å². The molecule has 0 saturated carbocycles. The number of amides is 1. The van der Waals surface area contributed by atoms with Crippen LogP contribution >= 0.6 is 35.1 Å². The van der Waals surface area contributed by atoms with Crippen molar-refractivity contribution in [1.29, 1.82) is 0 Å². The van der Waals surface area contributed by atoms with Crippen LogP contribution in [-0.2, 0) is 17.4 Å². The number of alkyl halides is 3. The number of benzene rings is 2. The van der Waals surface area contributed by atoms with Gasteiger partial charge in [-0.25, -0.2) is 4.98 Å². The van der Waals surface area contributed by atoms with Crippen molar-refractivity contribution in [3.8, 4) is 11.4 Å². The number of nitrogens with zero attached hydrogens (tertiary/aromatic N) is 2. The maximum Gasteiger partial charge on any atom is 0.416 e. The number of halogens is 4. The number of thioether (sulfide) groups is 2. The molecular weight excluding hydrogens is 511 g/mol. The minimum Gasteiger partial charge on any atom is -0.495 e. The van der Waals surface area contributed by atoms with Crippen molar-refractivity contribution >= 4 is 46.7 Å². The molecule has 0 atom stereocenters. The first-order valence-electron chi connectivity index (χ1n) is 9.90. The average Bonchev–Trinajstić information content (AvgIpc) is 3.26. The van der Waals surface area contributed by atoms with E-state index >= 15 is 0 Å². The van der Waals surface area contributed by atoms with E-state index in [1.807, 2.05) is 0 Å². The average molecular weight is 528 g/mol. The summed E-state index contributed by atoms with van der Waals surface area (Å²) >= 11 is 8.27. The number of aryl methyl sites for hydroxylation is 1. The second-order valence-corrected chi connectivity index (χ2v) is 9.62. The minimum atomic E-state index is -4.57. The number of hydrogen-bond acceptors (Lipinski definition) is 6. The number of carbonyl (C=O) groups excluding carboxylic acids is 1. The number of aromatic nitrogens is 2. The van der Waals surface area contributed by atoms with Crippen molar-refractivity contribution in [1.82, 2.24) is 9.55 Å². The Kier molecular flexibility index (Phi) is 7.15. The zero-order chi connectivity index (χ0) is 24.5. The second-order valence-electron chi connectivity index (χ2n) is 7.14. The van der Waals surface area contributed by atoms with Crippen LogP contribution in [-0.4, -0.2) is 34.1 Å². The second kappa shape index (κ2) is 9.93. The van der Waals surface area contributed by atoms with Gasteiger partial charge in [-0.1, -0.05) is 29.4 Å². The van der Waals surface area contributed by atoms with E-state index in [-0.39, 0.29) is 16.6 Å². The number of fused-ring (bicyclic) bond motifs is 1. The normalized spacial score (nSPS) is 13.0. The number of methoxy groups -OCH3 is 1. The van der Waals surface area contributed by atoms with Crippen LogP contribution in [0.1, 0.15) is 11.3 Å². The first kappa shape index (κ1) is 24.5. The van der Waals surface area contributed by atoms with Gasteiger partial charge in [-0.05, 0) is 36.4 Å². The molecular formula is C22H17ClF3N3O3S2. The number of ether oxygens (including phenoxy) is 1. The van der Waals surface area contributed by atoms with Crippen LogP contribution < -0.4 is 15.6 Å². The summed E-state index contributed by atoms with van der Waals surface area (Å²) in [5.41, 5.74) is -0.355. The Morgan fingerprint density at radius 1 is 1.29 bits per heavy atom. The summed E-state index contributed by atoms with van der Waals surface area (Å²) < 4.78 is 46.2. The van der Waals surface area contributed by atoms with E-state index in [1.54, 1.807) is 12.1 Å². The first-order valence-corrected chi connectivity index (χ1v) is 12.2. The lowest BCUT2D eigenvalue weighted by Crippen LogP contribution is -2.25. The van der Waals surface area contributed by atoms with Gasteiger partial charge in [0, 0.05) is 17.2 Å². The van der Waals surface area contributed by atoms with Gasteiger partial charge in [0.15, 0.2) is 5.16 Å². The lowest BCUT2D eigenvalue weighted by atomic mass is 10.2. The van der Waals surface area contributed by atoms with Crippen LogP contribution in [0.2, 0.25) is 5.02 Å². The van der Waals surface area contributed by atoms with Crippen molar-refractivity contribution in [3.63, 3.8) is 0 Å². The molecule has 178 valence electrons. The van der Waals surface area contributed by atoms with Gasteiger partial charge in [-0.3, -0.25) is 14.2 Å². The largest absolute Gasteiger partial charge is 0.495 e. The maximum absolute atomic E-state index is 13.3. The molecule has 34 heavy (non-hydrogen) atoms. The number of anilines is 1. The van der Waals surface area contributed by atoms with Crippen LogP contribution in [0, 0.1) is 0 Å². The monoisotopic (exact) mass is 527 g/mol. The Bertz CT molecular complexity index is 1310. The summed E-state index contributed by atoms with van der Waals surface area (Å²) in [6.45, 7) is 0. The number of rotatable bonds is 6. The number of nitrogens with one attached hydrogen (secondary N) is 1. The molecule has 3 aromatic rings. The Morgan fingerprint density at radius 2 is 2.09 bits per heavy atom. The number of hydrogen-bond donors (Lipinski definition) is 1. The van der Waals surface area contributed by atoms with Crippen LogP contribution in [0.5, 0.6) is 5.75 Å². The van der Waals surface area contributed by atoms with Gasteiger partial charge in [0.2, 0.25) is 5.91 Å². The summed E-state index contributed by atoms with van der Waals surface area (Å²) in [5.74, 6) is 0.498. The lowest BCUT2D eigenvalue weighted by molar-refractivity contribution is -0.137. The molecule has 0 spiro atoms. The number of carbonyl (C=O) groups is 1. The van der Waals surface area contributed by atoms with E-state index in [4.69, 9.17) is 16.3 Å². The topological polar surface area (TPSA) is 73.2 Å². The Labute approximate surface area is 205 Å². The molecule has 0 saturated heterocycles. The van der Waals surface area contributed by atoms with Crippen LogP contribution in [0.4, 0.5) is 18.9 Å². The van der Waals surface area contributed by atoms with Crippen LogP contribution in [0.25, 0.3) is 5.69 Å². The van der Waals surface area contributed by atoms with Gasteiger partial charge in [0.1, 0.15) is 5.75 Å². The minimum absolute atomic E-state index is 0.0297. The molecule has 0 bridgehead atoms. The third kappa shape index (κ3) is 5.21. The molecule has 0 fully saturated rings. The molecule has 1 amide bonds. The Hall–Kier alpha value is -2.63. The van der Waals surface area contributed by atoms with Gasteiger partial charge in [0.25, 0.3) is 5.56 Å². The van der Waals surface area contributed by atoms with Crippen molar-refractivity contribution in [2.24, 2.45) is 0 Å². The molecule has 0 aliphatic carbocycles. The highest BCUT2D eigenvalue weighted by molar-refractivity contribution is 8.00. The summed E-state index contributed by atoms with van der Waals surface area (Å²) in [6, 6.07) is 9.23.